The van der Waals surface area contributed by atoms with Crippen molar-refractivity contribution in [2.75, 3.05) is 12.9 Å². The van der Waals surface area contributed by atoms with Gasteiger partial charge in [-0.25, -0.2) is 4.79 Å². The number of H-pyrrole nitrogens is 1. The Balaban J connectivity index is 2.27. The molecule has 0 unspecified atom stereocenters. The fourth-order valence-corrected chi connectivity index (χ4v) is 4.17. The second-order valence-electron chi connectivity index (χ2n) is 4.33. The Labute approximate surface area is 118 Å². The maximum Gasteiger partial charge on any atom is 0.330 e. The first-order valence-electron chi connectivity index (χ1n) is 5.84. The predicted octanol–water partition coefficient (Wildman–Crippen LogP) is 0.505. The van der Waals surface area contributed by atoms with Crippen molar-refractivity contribution in [2.24, 2.45) is 0 Å². The first-order valence-corrected chi connectivity index (χ1v) is 8.46. The van der Waals surface area contributed by atoms with Crippen LogP contribution in [0.5, 0.6) is 0 Å². The summed E-state index contributed by atoms with van der Waals surface area (Å²) in [6.07, 6.45) is 3.36. The standard InChI is InChI=1S/C11H16N2O4S2/c1-6-4-13(11(16)12-10(6)15)9-3-8(19-18-2)7(5-14)17-9/h4,7-9,14H,3,5H2,1-2H3,(H,12,15,16)/t7-,8-,9-/m1/s1. The van der Waals surface area contributed by atoms with Gasteiger partial charge in [-0.15, -0.1) is 0 Å². The van der Waals surface area contributed by atoms with Crippen LogP contribution in [0.4, 0.5) is 0 Å². The lowest BCUT2D eigenvalue weighted by molar-refractivity contribution is -0.0238. The molecule has 1 aliphatic rings. The second kappa shape index (κ2) is 6.17. The molecule has 6 nitrogen and oxygen atoms in total. The molecule has 0 spiro atoms. The third-order valence-electron chi connectivity index (χ3n) is 3.04. The molecular weight excluding hydrogens is 288 g/mol. The highest BCUT2D eigenvalue weighted by atomic mass is 33.1. The highest BCUT2D eigenvalue weighted by Gasteiger charge is 2.36. The molecule has 3 atom stereocenters. The molecule has 1 aromatic heterocycles. The number of nitrogens with zero attached hydrogens (tertiary/aromatic N) is 1. The van der Waals surface area contributed by atoms with Gasteiger partial charge in [-0.3, -0.25) is 14.3 Å². The Kier molecular flexibility index (Phi) is 4.77. The summed E-state index contributed by atoms with van der Waals surface area (Å²) in [4.78, 5) is 25.4. The van der Waals surface area contributed by atoms with Crippen molar-refractivity contribution in [3.8, 4) is 0 Å². The second-order valence-corrected chi connectivity index (χ2v) is 7.04. The van der Waals surface area contributed by atoms with Gasteiger partial charge in [-0.05, 0) is 13.2 Å². The van der Waals surface area contributed by atoms with Crippen LogP contribution in [-0.4, -0.2) is 38.9 Å². The first kappa shape index (κ1) is 14.7. The third kappa shape index (κ3) is 3.07. The minimum absolute atomic E-state index is 0.0776. The third-order valence-corrected chi connectivity index (χ3v) is 5.29. The van der Waals surface area contributed by atoms with E-state index in [0.717, 1.165) is 0 Å². The monoisotopic (exact) mass is 304 g/mol. The summed E-state index contributed by atoms with van der Waals surface area (Å²) in [6.45, 7) is 1.56. The summed E-state index contributed by atoms with van der Waals surface area (Å²) in [7, 11) is 3.23. The maximum atomic E-state index is 11.8. The molecule has 1 fully saturated rings. The summed E-state index contributed by atoms with van der Waals surface area (Å²) in [6, 6.07) is 0. The Morgan fingerprint density at radius 2 is 2.32 bits per heavy atom. The fourth-order valence-electron chi connectivity index (χ4n) is 2.06. The number of aromatic amines is 1. The van der Waals surface area contributed by atoms with Crippen LogP contribution in [0.1, 0.15) is 18.2 Å². The molecular formula is C11H16N2O4S2. The topological polar surface area (TPSA) is 84.3 Å². The lowest BCUT2D eigenvalue weighted by atomic mass is 10.2. The Bertz CT molecular complexity index is 556. The van der Waals surface area contributed by atoms with Gasteiger partial charge < -0.3 is 9.84 Å². The van der Waals surface area contributed by atoms with Crippen LogP contribution in [0.2, 0.25) is 0 Å². The Morgan fingerprint density at radius 3 is 2.95 bits per heavy atom. The number of hydrogen-bond acceptors (Lipinski definition) is 6. The molecule has 0 aliphatic carbocycles. The van der Waals surface area contributed by atoms with Gasteiger partial charge in [0.15, 0.2) is 0 Å². The minimum Gasteiger partial charge on any atom is -0.394 e. The molecule has 1 aromatic rings. The number of aromatic nitrogens is 2. The van der Waals surface area contributed by atoms with Gasteiger partial charge in [0.2, 0.25) is 0 Å². The molecule has 2 N–H and O–H groups in total. The van der Waals surface area contributed by atoms with E-state index in [1.165, 1.54) is 10.8 Å². The van der Waals surface area contributed by atoms with Crippen LogP contribution in [0.15, 0.2) is 15.8 Å². The average molecular weight is 304 g/mol. The van der Waals surface area contributed by atoms with Crippen molar-refractivity contribution in [2.45, 2.75) is 30.9 Å². The van der Waals surface area contributed by atoms with Crippen molar-refractivity contribution in [1.29, 1.82) is 0 Å². The molecule has 0 bridgehead atoms. The zero-order chi connectivity index (χ0) is 14.0. The zero-order valence-electron chi connectivity index (χ0n) is 10.7. The molecule has 0 saturated carbocycles. The van der Waals surface area contributed by atoms with E-state index in [1.54, 1.807) is 28.5 Å². The number of aliphatic hydroxyl groups excluding tert-OH is 1. The van der Waals surface area contributed by atoms with E-state index >= 15 is 0 Å². The van der Waals surface area contributed by atoms with E-state index < -0.39 is 11.9 Å². The van der Waals surface area contributed by atoms with E-state index in [9.17, 15) is 14.7 Å². The van der Waals surface area contributed by atoms with Crippen LogP contribution in [0.25, 0.3) is 0 Å². The van der Waals surface area contributed by atoms with Crippen molar-refractivity contribution in [3.05, 3.63) is 32.6 Å². The average Bonchev–Trinajstić information content (AvgIpc) is 2.77. The van der Waals surface area contributed by atoms with E-state index in [0.29, 0.717) is 12.0 Å². The highest BCUT2D eigenvalue weighted by molar-refractivity contribution is 8.76. The van der Waals surface area contributed by atoms with E-state index in [1.807, 2.05) is 6.26 Å². The van der Waals surface area contributed by atoms with Crippen LogP contribution in [-0.2, 0) is 4.74 Å². The minimum atomic E-state index is -0.480. The van der Waals surface area contributed by atoms with Crippen molar-refractivity contribution < 1.29 is 9.84 Å². The maximum absolute atomic E-state index is 11.8. The zero-order valence-corrected chi connectivity index (χ0v) is 12.3. The molecule has 0 aromatic carbocycles. The molecule has 1 aliphatic heterocycles. The smallest absolute Gasteiger partial charge is 0.330 e. The van der Waals surface area contributed by atoms with E-state index in [4.69, 9.17) is 4.74 Å². The van der Waals surface area contributed by atoms with Gasteiger partial charge >= 0.3 is 5.69 Å². The molecule has 2 rings (SSSR count). The van der Waals surface area contributed by atoms with Gasteiger partial charge in [0.05, 0.1) is 12.7 Å². The van der Waals surface area contributed by atoms with Gasteiger partial charge in [0, 0.05) is 23.4 Å². The quantitative estimate of drug-likeness (QED) is 0.788. The van der Waals surface area contributed by atoms with Gasteiger partial charge in [0.1, 0.15) is 6.23 Å². The van der Waals surface area contributed by atoms with E-state index in [-0.39, 0.29) is 23.5 Å². The largest absolute Gasteiger partial charge is 0.394 e. The summed E-state index contributed by atoms with van der Waals surface area (Å²) in [5, 5.41) is 9.43. The summed E-state index contributed by atoms with van der Waals surface area (Å²) in [5.74, 6) is 0. The van der Waals surface area contributed by atoms with Gasteiger partial charge in [0.25, 0.3) is 5.56 Å². The Morgan fingerprint density at radius 1 is 1.58 bits per heavy atom. The van der Waals surface area contributed by atoms with Gasteiger partial charge in [-0.1, -0.05) is 21.6 Å². The van der Waals surface area contributed by atoms with Crippen LogP contribution in [0, 0.1) is 6.92 Å². The molecule has 1 saturated heterocycles. The number of ether oxygens (including phenoxy) is 1. The number of nitrogens with one attached hydrogen (secondary N) is 1. The summed E-state index contributed by atoms with van der Waals surface area (Å²) >= 11 is 0. The normalized spacial score (nSPS) is 26.8. The highest BCUT2D eigenvalue weighted by Crippen LogP contribution is 2.39. The number of rotatable bonds is 4. The molecule has 19 heavy (non-hydrogen) atoms. The molecule has 0 amide bonds. The van der Waals surface area contributed by atoms with Crippen LogP contribution < -0.4 is 11.2 Å². The molecule has 8 heteroatoms. The first-order chi connectivity index (χ1) is 9.06. The predicted molar refractivity (Wildman–Crippen MR) is 76.6 cm³/mol. The molecule has 2 heterocycles. The number of aryl methyl sites for hydroxylation is 1. The number of aliphatic hydroxyl groups is 1. The SMILES string of the molecule is CSS[C@@H]1C[C@H](n2cc(C)c(=O)[nH]c2=O)O[C@@H]1CO. The van der Waals surface area contributed by atoms with Crippen LogP contribution >= 0.6 is 21.6 Å². The Hall–Kier alpha value is -0.700. The van der Waals surface area contributed by atoms with E-state index in [2.05, 4.69) is 4.98 Å². The van der Waals surface area contributed by atoms with Crippen LogP contribution in [0.3, 0.4) is 0 Å². The summed E-state index contributed by atoms with van der Waals surface area (Å²) in [5.41, 5.74) is -0.398. The molecule has 106 valence electrons. The van der Waals surface area contributed by atoms with Crippen molar-refractivity contribution in [3.63, 3.8) is 0 Å². The summed E-state index contributed by atoms with van der Waals surface area (Å²) < 4.78 is 7.08. The molecule has 0 radical (unpaired) electrons. The fraction of sp³-hybridized carbons (Fsp3) is 0.636. The van der Waals surface area contributed by atoms with Gasteiger partial charge in [-0.2, -0.15) is 0 Å². The van der Waals surface area contributed by atoms with Crippen molar-refractivity contribution in [1.82, 2.24) is 9.55 Å². The number of hydrogen-bond donors (Lipinski definition) is 2. The lowest BCUT2D eigenvalue weighted by Crippen LogP contribution is -2.33. The van der Waals surface area contributed by atoms with Crippen molar-refractivity contribution >= 4 is 21.6 Å². The lowest BCUT2D eigenvalue weighted by Gasteiger charge is -2.15.